The second-order valence-electron chi connectivity index (χ2n) is 9.71. The highest BCUT2D eigenvalue weighted by Gasteiger charge is 2.39. The van der Waals surface area contributed by atoms with Crippen molar-refractivity contribution >= 4 is 27.9 Å². The van der Waals surface area contributed by atoms with Crippen molar-refractivity contribution in [2.45, 2.75) is 70.1 Å². The summed E-state index contributed by atoms with van der Waals surface area (Å²) in [6, 6.07) is 1.34. The first-order chi connectivity index (χ1) is 16.4. The van der Waals surface area contributed by atoms with Crippen molar-refractivity contribution in [2.75, 3.05) is 13.2 Å². The minimum Gasteiger partial charge on any atom is -0.444 e. The van der Waals surface area contributed by atoms with E-state index in [0.717, 1.165) is 25.1 Å². The Morgan fingerprint density at radius 3 is 2.33 bits per heavy atom. The number of Topliss-reactive ketones (excluding diaryl/α,β-unsaturated/α-hetero) is 1. The highest BCUT2D eigenvalue weighted by molar-refractivity contribution is 7.86. The average Bonchev–Trinajstić information content (AvgIpc) is 2.73. The van der Waals surface area contributed by atoms with Gasteiger partial charge in [-0.3, -0.25) is 13.8 Å². The smallest absolute Gasteiger partial charge is 0.408 e. The minimum atomic E-state index is -4.85. The van der Waals surface area contributed by atoms with E-state index >= 15 is 0 Å². The van der Waals surface area contributed by atoms with E-state index in [1.54, 1.807) is 34.6 Å². The van der Waals surface area contributed by atoms with Gasteiger partial charge in [0.15, 0.2) is 5.78 Å². The van der Waals surface area contributed by atoms with Crippen molar-refractivity contribution in [3.63, 3.8) is 0 Å². The van der Waals surface area contributed by atoms with Gasteiger partial charge < -0.3 is 20.5 Å². The summed E-state index contributed by atoms with van der Waals surface area (Å²) in [6.45, 7) is 8.26. The number of amides is 2. The van der Waals surface area contributed by atoms with Crippen LogP contribution in [-0.4, -0.2) is 61.7 Å². The fraction of sp³-hybridized carbons (Fsp3) is 0.542. The van der Waals surface area contributed by atoms with Crippen molar-refractivity contribution in [1.29, 1.82) is 0 Å². The SMILES string of the molecule is C#CCNC(=O)c1ccc(F)c(S(=O)(=O)OC[C@@](C)(O)C(=O)[C@H](CC(C)C)NC(=O)OC(C)(C)C)c1. The number of rotatable bonds is 11. The van der Waals surface area contributed by atoms with Crippen LogP contribution in [0, 0.1) is 24.1 Å². The number of nitrogens with one attached hydrogen (secondary N) is 2. The third-order valence-corrected chi connectivity index (χ3v) is 5.83. The normalized spacial score (nSPS) is 14.3. The molecule has 0 aliphatic carbocycles. The first-order valence-electron chi connectivity index (χ1n) is 11.1. The molecule has 0 radical (unpaired) electrons. The maximum atomic E-state index is 14.3. The Balaban J connectivity index is 3.09. The number of ketones is 1. The van der Waals surface area contributed by atoms with Gasteiger partial charge in [-0.05, 0) is 58.2 Å². The predicted octanol–water partition coefficient (Wildman–Crippen LogP) is 2.15. The zero-order valence-electron chi connectivity index (χ0n) is 21.2. The van der Waals surface area contributed by atoms with Crippen LogP contribution in [0.15, 0.2) is 23.1 Å². The predicted molar refractivity (Wildman–Crippen MR) is 129 cm³/mol. The molecule has 1 aromatic carbocycles. The first-order valence-corrected chi connectivity index (χ1v) is 12.5. The first kappa shape index (κ1) is 31.0. The van der Waals surface area contributed by atoms with Crippen LogP contribution in [0.1, 0.15) is 58.3 Å². The molecule has 12 heteroatoms. The van der Waals surface area contributed by atoms with Crippen LogP contribution in [-0.2, 0) is 23.8 Å². The lowest BCUT2D eigenvalue weighted by Crippen LogP contribution is -2.54. The lowest BCUT2D eigenvalue weighted by Gasteiger charge is -2.29. The number of benzene rings is 1. The molecule has 0 saturated carbocycles. The van der Waals surface area contributed by atoms with E-state index in [2.05, 4.69) is 16.6 Å². The quantitative estimate of drug-likeness (QED) is 0.292. The maximum absolute atomic E-state index is 14.3. The lowest BCUT2D eigenvalue weighted by atomic mass is 9.90. The zero-order valence-corrected chi connectivity index (χ0v) is 22.0. The van der Waals surface area contributed by atoms with Gasteiger partial charge in [0.05, 0.1) is 12.6 Å². The molecule has 0 bridgehead atoms. The molecule has 200 valence electrons. The Labute approximate surface area is 211 Å². The summed E-state index contributed by atoms with van der Waals surface area (Å²) in [4.78, 5) is 36.3. The molecule has 0 spiro atoms. The Bertz CT molecular complexity index is 1120. The third kappa shape index (κ3) is 9.56. The van der Waals surface area contributed by atoms with Gasteiger partial charge in [-0.15, -0.1) is 6.42 Å². The van der Waals surface area contributed by atoms with Crippen molar-refractivity contribution < 1.29 is 41.2 Å². The molecule has 10 nitrogen and oxygen atoms in total. The van der Waals surface area contributed by atoms with E-state index in [-0.39, 0.29) is 24.4 Å². The summed E-state index contributed by atoms with van der Waals surface area (Å²) >= 11 is 0. The molecule has 0 aromatic heterocycles. The zero-order chi connectivity index (χ0) is 27.9. The highest BCUT2D eigenvalue weighted by Crippen LogP contribution is 2.22. The van der Waals surface area contributed by atoms with Gasteiger partial charge in [0.2, 0.25) is 0 Å². The molecule has 0 unspecified atom stereocenters. The van der Waals surface area contributed by atoms with Gasteiger partial charge in [-0.25, -0.2) is 9.18 Å². The summed E-state index contributed by atoms with van der Waals surface area (Å²) in [5.41, 5.74) is -3.43. The van der Waals surface area contributed by atoms with Gasteiger partial charge in [0, 0.05) is 5.56 Å². The van der Waals surface area contributed by atoms with Gasteiger partial charge in [-0.1, -0.05) is 19.8 Å². The van der Waals surface area contributed by atoms with Crippen molar-refractivity contribution in [2.24, 2.45) is 5.92 Å². The Hall–Kier alpha value is -3.01. The van der Waals surface area contributed by atoms with Crippen molar-refractivity contribution in [3.05, 3.63) is 29.6 Å². The Kier molecular flexibility index (Phi) is 10.6. The summed E-state index contributed by atoms with van der Waals surface area (Å²) in [5.74, 6) is -0.798. The largest absolute Gasteiger partial charge is 0.444 e. The molecular weight excluding hydrogens is 495 g/mol. The maximum Gasteiger partial charge on any atom is 0.408 e. The summed E-state index contributed by atoms with van der Waals surface area (Å²) in [6.07, 6.45) is 4.28. The van der Waals surface area contributed by atoms with E-state index in [9.17, 15) is 32.3 Å². The van der Waals surface area contributed by atoms with Crippen LogP contribution >= 0.6 is 0 Å². The summed E-state index contributed by atoms with van der Waals surface area (Å²) in [7, 11) is -4.85. The third-order valence-electron chi connectivity index (χ3n) is 4.55. The number of hydrogen-bond donors (Lipinski definition) is 3. The second-order valence-corrected chi connectivity index (χ2v) is 11.3. The Morgan fingerprint density at radius 2 is 1.81 bits per heavy atom. The highest BCUT2D eigenvalue weighted by atomic mass is 32.2. The molecule has 36 heavy (non-hydrogen) atoms. The van der Waals surface area contributed by atoms with Crippen LogP contribution in [0.4, 0.5) is 9.18 Å². The molecule has 3 N–H and O–H groups in total. The molecule has 0 saturated heterocycles. The van der Waals surface area contributed by atoms with Gasteiger partial charge >= 0.3 is 6.09 Å². The number of ether oxygens (including phenoxy) is 1. The lowest BCUT2D eigenvalue weighted by molar-refractivity contribution is -0.141. The number of carbonyl (C=O) groups excluding carboxylic acids is 3. The average molecular weight is 529 g/mol. The molecule has 0 fully saturated rings. The number of aliphatic hydroxyl groups is 1. The second kappa shape index (κ2) is 12.3. The van der Waals surface area contributed by atoms with Crippen LogP contribution < -0.4 is 10.6 Å². The van der Waals surface area contributed by atoms with Gasteiger partial charge in [0.1, 0.15) is 28.5 Å². The molecule has 1 aromatic rings. The number of halogens is 1. The molecule has 0 heterocycles. The van der Waals surface area contributed by atoms with Crippen molar-refractivity contribution in [3.8, 4) is 12.3 Å². The van der Waals surface area contributed by atoms with Crippen LogP contribution in [0.25, 0.3) is 0 Å². The van der Waals surface area contributed by atoms with E-state index in [4.69, 9.17) is 15.3 Å². The van der Waals surface area contributed by atoms with Gasteiger partial charge in [-0.2, -0.15) is 8.42 Å². The molecule has 0 aliphatic heterocycles. The van der Waals surface area contributed by atoms with E-state index in [0.29, 0.717) is 0 Å². The standard InChI is InChI=1S/C24H33FN2O8S/c1-8-11-26-21(29)16-9-10-17(25)19(13-16)36(32,33)34-14-24(7,31)20(28)18(12-15(2)3)27-22(30)35-23(4,5)6/h1,9-10,13,15,18,31H,11-12,14H2,2-7H3,(H,26,29)(H,27,30)/t18-,24+/m0/s1. The topological polar surface area (TPSA) is 148 Å². The molecule has 2 amide bonds. The number of carbonyl (C=O) groups is 3. The summed E-state index contributed by atoms with van der Waals surface area (Å²) < 4.78 is 49.6. The minimum absolute atomic E-state index is 0.0909. The summed E-state index contributed by atoms with van der Waals surface area (Å²) in [5, 5.41) is 15.4. The van der Waals surface area contributed by atoms with Crippen molar-refractivity contribution in [1.82, 2.24) is 10.6 Å². The fourth-order valence-electron chi connectivity index (χ4n) is 2.92. The fourth-order valence-corrected chi connectivity index (χ4v) is 4.01. The number of hydrogen-bond acceptors (Lipinski definition) is 8. The van der Waals surface area contributed by atoms with Gasteiger partial charge in [0.25, 0.3) is 16.0 Å². The molecule has 2 atom stereocenters. The Morgan fingerprint density at radius 1 is 1.19 bits per heavy atom. The molecule has 1 rings (SSSR count). The van der Waals surface area contributed by atoms with Crippen LogP contribution in [0.2, 0.25) is 0 Å². The number of terminal acetylenes is 1. The van der Waals surface area contributed by atoms with Crippen LogP contribution in [0.5, 0.6) is 0 Å². The van der Waals surface area contributed by atoms with E-state index < -0.39 is 62.5 Å². The monoisotopic (exact) mass is 528 g/mol. The van der Waals surface area contributed by atoms with Crippen LogP contribution in [0.3, 0.4) is 0 Å². The number of alkyl carbamates (subject to hydrolysis) is 1. The molecule has 0 aliphatic rings. The van der Waals surface area contributed by atoms with E-state index in [1.807, 2.05) is 0 Å². The van der Waals surface area contributed by atoms with E-state index in [1.165, 1.54) is 0 Å². The molecular formula is C24H33FN2O8S.